The highest BCUT2D eigenvalue weighted by atomic mass is 19.4. The van der Waals surface area contributed by atoms with Crippen LogP contribution in [0.2, 0.25) is 0 Å². The fourth-order valence-electron chi connectivity index (χ4n) is 5.69. The predicted molar refractivity (Wildman–Crippen MR) is 150 cm³/mol. The number of carbonyl (C=O) groups is 1. The molecule has 40 heavy (non-hydrogen) atoms. The Morgan fingerprint density at radius 1 is 0.925 bits per heavy atom. The summed E-state index contributed by atoms with van der Waals surface area (Å²) in [5, 5.41) is 3.26. The van der Waals surface area contributed by atoms with Gasteiger partial charge in [-0.25, -0.2) is 9.97 Å². The molecule has 2 fully saturated rings. The molecule has 0 spiro atoms. The number of nitrogens with one attached hydrogen (secondary N) is 1. The number of alkyl halides is 3. The van der Waals surface area contributed by atoms with Crippen molar-refractivity contribution < 1.29 is 18.0 Å². The first-order chi connectivity index (χ1) is 19.3. The molecule has 6 nitrogen and oxygen atoms in total. The van der Waals surface area contributed by atoms with Crippen molar-refractivity contribution in [2.24, 2.45) is 0 Å². The van der Waals surface area contributed by atoms with E-state index < -0.39 is 11.7 Å². The maximum atomic E-state index is 13.5. The molecule has 1 saturated carbocycles. The molecule has 0 bridgehead atoms. The molecular formula is C31H34F3N5O. The number of likely N-dealkylation sites (tertiary alicyclic amines) is 1. The largest absolute Gasteiger partial charge is 0.416 e. The van der Waals surface area contributed by atoms with Crippen molar-refractivity contribution in [1.82, 2.24) is 19.8 Å². The topological polar surface area (TPSA) is 61.4 Å². The van der Waals surface area contributed by atoms with E-state index >= 15 is 0 Å². The van der Waals surface area contributed by atoms with Crippen molar-refractivity contribution in [2.45, 2.75) is 63.3 Å². The molecule has 1 aliphatic carbocycles. The summed E-state index contributed by atoms with van der Waals surface area (Å²) in [6, 6.07) is 13.6. The number of piperidine rings is 1. The first-order valence-corrected chi connectivity index (χ1v) is 13.9. The lowest BCUT2D eigenvalue weighted by Crippen LogP contribution is -2.48. The smallest absolute Gasteiger partial charge is 0.353 e. The summed E-state index contributed by atoms with van der Waals surface area (Å²) in [6.45, 7) is 2.41. The van der Waals surface area contributed by atoms with Crippen LogP contribution in [0.25, 0.3) is 6.08 Å². The van der Waals surface area contributed by atoms with Gasteiger partial charge in [0.2, 0.25) is 5.91 Å². The van der Waals surface area contributed by atoms with E-state index in [-0.39, 0.29) is 11.9 Å². The van der Waals surface area contributed by atoms with Crippen molar-refractivity contribution in [2.75, 3.05) is 18.4 Å². The van der Waals surface area contributed by atoms with Gasteiger partial charge in [-0.15, -0.1) is 0 Å². The monoisotopic (exact) mass is 549 g/mol. The third kappa shape index (κ3) is 7.27. The zero-order valence-corrected chi connectivity index (χ0v) is 22.4. The van der Waals surface area contributed by atoms with Crippen LogP contribution in [0, 0.1) is 0 Å². The second-order valence-electron chi connectivity index (χ2n) is 10.6. The fourth-order valence-corrected chi connectivity index (χ4v) is 5.69. The highest BCUT2D eigenvalue weighted by Gasteiger charge is 2.31. The first-order valence-electron chi connectivity index (χ1n) is 13.9. The Kier molecular flexibility index (Phi) is 8.79. The van der Waals surface area contributed by atoms with Crippen molar-refractivity contribution in [3.05, 3.63) is 90.0 Å². The van der Waals surface area contributed by atoms with Crippen LogP contribution in [0.15, 0.2) is 73.3 Å². The minimum Gasteiger partial charge on any atom is -0.353 e. The van der Waals surface area contributed by atoms with Gasteiger partial charge in [-0.3, -0.25) is 4.79 Å². The molecule has 1 N–H and O–H groups in total. The molecule has 1 saturated heterocycles. The van der Waals surface area contributed by atoms with Gasteiger partial charge in [0, 0.05) is 43.5 Å². The molecule has 1 amide bonds. The summed E-state index contributed by atoms with van der Waals surface area (Å²) in [4.78, 5) is 26.0. The number of aromatic nitrogens is 2. The lowest BCUT2D eigenvalue weighted by molar-refractivity contribution is -0.137. The Hall–Kier alpha value is -3.72. The number of halogens is 3. The lowest BCUT2D eigenvalue weighted by atomic mass is 9.99. The van der Waals surface area contributed by atoms with E-state index in [0.717, 1.165) is 55.0 Å². The first kappa shape index (κ1) is 27.8. The Morgan fingerprint density at radius 3 is 2.20 bits per heavy atom. The maximum Gasteiger partial charge on any atom is 0.416 e. The van der Waals surface area contributed by atoms with Crippen LogP contribution in [0.1, 0.15) is 55.2 Å². The molecule has 210 valence electrons. The van der Waals surface area contributed by atoms with Gasteiger partial charge in [-0.1, -0.05) is 37.1 Å². The molecule has 2 aliphatic rings. The Balaban J connectivity index is 1.28. The van der Waals surface area contributed by atoms with Crippen LogP contribution in [-0.2, 0) is 17.5 Å². The van der Waals surface area contributed by atoms with Crippen LogP contribution in [0.4, 0.5) is 24.5 Å². The molecule has 0 atom stereocenters. The fraction of sp³-hybridized carbons (Fsp3) is 0.387. The predicted octanol–water partition coefficient (Wildman–Crippen LogP) is 6.69. The molecule has 5 rings (SSSR count). The molecule has 0 unspecified atom stereocenters. The second kappa shape index (κ2) is 12.6. The Labute approximate surface area is 232 Å². The number of carbonyl (C=O) groups excluding carboxylic acids is 1. The van der Waals surface area contributed by atoms with Crippen molar-refractivity contribution in [3.63, 3.8) is 0 Å². The minimum absolute atomic E-state index is 0.0988. The summed E-state index contributed by atoms with van der Waals surface area (Å²) in [5.74, 6) is -0.136. The maximum absolute atomic E-state index is 13.5. The van der Waals surface area contributed by atoms with Gasteiger partial charge >= 0.3 is 6.18 Å². The zero-order valence-electron chi connectivity index (χ0n) is 22.4. The molecule has 1 aromatic heterocycles. The molecular weight excluding hydrogens is 515 g/mol. The minimum atomic E-state index is -4.39. The zero-order chi connectivity index (χ0) is 28.0. The highest BCUT2D eigenvalue weighted by molar-refractivity contribution is 5.92. The van der Waals surface area contributed by atoms with Gasteiger partial charge in [0.05, 0.1) is 23.6 Å². The van der Waals surface area contributed by atoms with E-state index in [1.807, 2.05) is 29.2 Å². The van der Waals surface area contributed by atoms with Crippen molar-refractivity contribution >= 4 is 23.4 Å². The molecule has 0 radical (unpaired) electrons. The molecule has 9 heteroatoms. The Bertz CT molecular complexity index is 1270. The standard InChI is InChI=1S/C31H34F3N5O/c32-31(33,34)25-10-5-23(6-11-25)9-14-30(40)39(29-15-17-38(18-16-29)28-3-1-2-4-28)21-24-7-12-26(13-8-24)37-27-19-35-22-36-20-27/h5-14,19-20,22,28-29,37H,1-4,15-18,21H2. The third-order valence-electron chi connectivity index (χ3n) is 7.88. The lowest BCUT2D eigenvalue weighted by Gasteiger charge is -2.40. The van der Waals surface area contributed by atoms with Crippen LogP contribution in [-0.4, -0.2) is 50.8 Å². The van der Waals surface area contributed by atoms with E-state index in [2.05, 4.69) is 20.2 Å². The quantitative estimate of drug-likeness (QED) is 0.317. The summed E-state index contributed by atoms with van der Waals surface area (Å²) < 4.78 is 38.8. The number of anilines is 2. The number of benzene rings is 2. The number of nitrogens with zero attached hydrogens (tertiary/aromatic N) is 4. The van der Waals surface area contributed by atoms with Crippen molar-refractivity contribution in [3.8, 4) is 0 Å². The number of rotatable bonds is 8. The van der Waals surface area contributed by atoms with Gasteiger partial charge in [0.25, 0.3) is 0 Å². The van der Waals surface area contributed by atoms with Crippen LogP contribution >= 0.6 is 0 Å². The average Bonchev–Trinajstić information content (AvgIpc) is 3.51. The van der Waals surface area contributed by atoms with E-state index in [1.165, 1.54) is 50.2 Å². The van der Waals surface area contributed by atoms with Crippen LogP contribution < -0.4 is 5.32 Å². The van der Waals surface area contributed by atoms with E-state index in [1.54, 1.807) is 18.5 Å². The van der Waals surface area contributed by atoms with Gasteiger partial charge in [-0.2, -0.15) is 13.2 Å². The average molecular weight is 550 g/mol. The summed E-state index contributed by atoms with van der Waals surface area (Å²) in [6.07, 6.45) is 10.5. The highest BCUT2D eigenvalue weighted by Crippen LogP contribution is 2.30. The van der Waals surface area contributed by atoms with Gasteiger partial charge in [-0.05, 0) is 67.2 Å². The molecule has 2 aromatic carbocycles. The van der Waals surface area contributed by atoms with Gasteiger partial charge in [0.1, 0.15) is 6.33 Å². The molecule has 1 aliphatic heterocycles. The molecule has 3 aromatic rings. The molecule has 2 heterocycles. The van der Waals surface area contributed by atoms with Crippen LogP contribution in [0.5, 0.6) is 0 Å². The van der Waals surface area contributed by atoms with Gasteiger partial charge < -0.3 is 15.1 Å². The van der Waals surface area contributed by atoms with Crippen LogP contribution in [0.3, 0.4) is 0 Å². The van der Waals surface area contributed by atoms with E-state index in [0.29, 0.717) is 18.2 Å². The number of hydrogen-bond acceptors (Lipinski definition) is 5. The van der Waals surface area contributed by atoms with Crippen molar-refractivity contribution in [1.29, 1.82) is 0 Å². The summed E-state index contributed by atoms with van der Waals surface area (Å²) in [5.41, 5.74) is 2.53. The number of amides is 1. The van der Waals surface area contributed by atoms with E-state index in [4.69, 9.17) is 0 Å². The third-order valence-corrected chi connectivity index (χ3v) is 7.88. The normalized spacial score (nSPS) is 17.4. The summed E-state index contributed by atoms with van der Waals surface area (Å²) >= 11 is 0. The summed E-state index contributed by atoms with van der Waals surface area (Å²) in [7, 11) is 0. The SMILES string of the molecule is O=C(C=Cc1ccc(C(F)(F)F)cc1)N(Cc1ccc(Nc2cncnc2)cc1)C1CCN(C2CCCC2)CC1. The van der Waals surface area contributed by atoms with E-state index in [9.17, 15) is 18.0 Å². The number of hydrogen-bond donors (Lipinski definition) is 1. The Morgan fingerprint density at radius 2 is 1.57 bits per heavy atom. The van der Waals surface area contributed by atoms with Gasteiger partial charge in [0.15, 0.2) is 0 Å². The second-order valence-corrected chi connectivity index (χ2v) is 10.6.